The largest absolute Gasteiger partial charge is 0.326 e. The SMILES string of the molecule is CCC(C)Sc1ncccc1CN. The lowest BCUT2D eigenvalue weighted by atomic mass is 10.3. The Kier molecular flexibility index (Phi) is 4.25. The van der Waals surface area contributed by atoms with E-state index in [1.54, 1.807) is 11.8 Å². The van der Waals surface area contributed by atoms with Crippen LogP contribution >= 0.6 is 11.8 Å². The molecular weight excluding hydrogens is 180 g/mol. The minimum absolute atomic E-state index is 0.576. The Hall–Kier alpha value is -0.540. The second-order valence-electron chi connectivity index (χ2n) is 3.01. The molecule has 1 atom stereocenters. The van der Waals surface area contributed by atoms with Gasteiger partial charge in [-0.15, -0.1) is 11.8 Å². The van der Waals surface area contributed by atoms with Crippen molar-refractivity contribution in [3.63, 3.8) is 0 Å². The third-order valence-corrected chi connectivity index (χ3v) is 3.28. The topological polar surface area (TPSA) is 38.9 Å². The van der Waals surface area contributed by atoms with Crippen molar-refractivity contribution in [3.05, 3.63) is 23.9 Å². The molecule has 0 fully saturated rings. The number of aromatic nitrogens is 1. The van der Waals surface area contributed by atoms with Crippen molar-refractivity contribution in [1.82, 2.24) is 4.98 Å². The van der Waals surface area contributed by atoms with Crippen molar-refractivity contribution in [1.29, 1.82) is 0 Å². The molecule has 2 N–H and O–H groups in total. The molecular formula is C10H16N2S. The van der Waals surface area contributed by atoms with Crippen LogP contribution in [0.2, 0.25) is 0 Å². The van der Waals surface area contributed by atoms with Crippen LogP contribution in [0.1, 0.15) is 25.8 Å². The van der Waals surface area contributed by atoms with Crippen LogP contribution in [-0.4, -0.2) is 10.2 Å². The van der Waals surface area contributed by atoms with Crippen molar-refractivity contribution in [2.24, 2.45) is 5.73 Å². The Morgan fingerprint density at radius 1 is 1.62 bits per heavy atom. The molecule has 1 aromatic heterocycles. The summed E-state index contributed by atoms with van der Waals surface area (Å²) >= 11 is 1.80. The molecule has 0 amide bonds. The van der Waals surface area contributed by atoms with Gasteiger partial charge < -0.3 is 5.73 Å². The first-order valence-electron chi connectivity index (χ1n) is 4.58. The molecule has 0 bridgehead atoms. The number of nitrogens with zero attached hydrogens (tertiary/aromatic N) is 1. The highest BCUT2D eigenvalue weighted by Crippen LogP contribution is 2.25. The molecule has 1 aromatic rings. The fraction of sp³-hybridized carbons (Fsp3) is 0.500. The van der Waals surface area contributed by atoms with Gasteiger partial charge in [0.15, 0.2) is 0 Å². The molecule has 0 saturated heterocycles. The smallest absolute Gasteiger partial charge is 0.101 e. The van der Waals surface area contributed by atoms with E-state index >= 15 is 0 Å². The predicted molar refractivity (Wildman–Crippen MR) is 57.7 cm³/mol. The van der Waals surface area contributed by atoms with E-state index in [1.165, 1.54) is 0 Å². The van der Waals surface area contributed by atoms with Crippen molar-refractivity contribution in [3.8, 4) is 0 Å². The molecule has 0 aromatic carbocycles. The average molecular weight is 196 g/mol. The zero-order chi connectivity index (χ0) is 9.68. The summed E-state index contributed by atoms with van der Waals surface area (Å²) < 4.78 is 0. The lowest BCUT2D eigenvalue weighted by Gasteiger charge is -2.09. The maximum absolute atomic E-state index is 5.61. The van der Waals surface area contributed by atoms with E-state index in [-0.39, 0.29) is 0 Å². The fourth-order valence-electron chi connectivity index (χ4n) is 0.959. The molecule has 0 aliphatic heterocycles. The minimum atomic E-state index is 0.576. The van der Waals surface area contributed by atoms with Gasteiger partial charge in [-0.05, 0) is 18.1 Å². The van der Waals surface area contributed by atoms with Gasteiger partial charge in [-0.3, -0.25) is 0 Å². The van der Waals surface area contributed by atoms with Crippen LogP contribution in [0.15, 0.2) is 23.4 Å². The number of hydrogen-bond donors (Lipinski definition) is 1. The molecule has 0 radical (unpaired) electrons. The highest BCUT2D eigenvalue weighted by atomic mass is 32.2. The van der Waals surface area contributed by atoms with Crippen molar-refractivity contribution < 1.29 is 0 Å². The van der Waals surface area contributed by atoms with E-state index in [0.717, 1.165) is 17.0 Å². The number of rotatable bonds is 4. The maximum Gasteiger partial charge on any atom is 0.101 e. The Labute approximate surface area is 83.9 Å². The molecule has 72 valence electrons. The van der Waals surface area contributed by atoms with Gasteiger partial charge >= 0.3 is 0 Å². The van der Waals surface area contributed by atoms with Gasteiger partial charge in [0.1, 0.15) is 5.03 Å². The molecule has 1 unspecified atom stereocenters. The summed E-state index contributed by atoms with van der Waals surface area (Å²) in [4.78, 5) is 4.32. The molecule has 1 rings (SSSR count). The monoisotopic (exact) mass is 196 g/mol. The summed E-state index contributed by atoms with van der Waals surface area (Å²) in [5, 5.41) is 1.69. The van der Waals surface area contributed by atoms with E-state index in [1.807, 2.05) is 18.3 Å². The van der Waals surface area contributed by atoms with Crippen LogP contribution in [0.4, 0.5) is 0 Å². The summed E-state index contributed by atoms with van der Waals surface area (Å²) in [6, 6.07) is 3.97. The number of nitrogens with two attached hydrogens (primary N) is 1. The van der Waals surface area contributed by atoms with E-state index in [2.05, 4.69) is 18.8 Å². The maximum atomic E-state index is 5.61. The molecule has 0 aliphatic rings. The Morgan fingerprint density at radius 3 is 3.00 bits per heavy atom. The van der Waals surface area contributed by atoms with E-state index < -0.39 is 0 Å². The molecule has 3 heteroatoms. The average Bonchev–Trinajstić information content (AvgIpc) is 2.18. The Bertz CT molecular complexity index is 263. The summed E-state index contributed by atoms with van der Waals surface area (Å²) in [7, 11) is 0. The summed E-state index contributed by atoms with van der Waals surface area (Å²) in [6.07, 6.45) is 2.98. The summed E-state index contributed by atoms with van der Waals surface area (Å²) in [6.45, 7) is 4.97. The second kappa shape index (κ2) is 5.25. The first-order valence-corrected chi connectivity index (χ1v) is 5.46. The highest BCUT2D eigenvalue weighted by Gasteiger charge is 2.06. The first-order chi connectivity index (χ1) is 6.27. The lowest BCUT2D eigenvalue weighted by Crippen LogP contribution is -2.02. The van der Waals surface area contributed by atoms with E-state index in [0.29, 0.717) is 11.8 Å². The Morgan fingerprint density at radius 2 is 2.38 bits per heavy atom. The highest BCUT2D eigenvalue weighted by molar-refractivity contribution is 7.99. The molecule has 0 aliphatic carbocycles. The van der Waals surface area contributed by atoms with Gasteiger partial charge in [-0.25, -0.2) is 4.98 Å². The number of thioether (sulfide) groups is 1. The summed E-state index contributed by atoms with van der Waals surface area (Å²) in [5.41, 5.74) is 6.76. The van der Waals surface area contributed by atoms with E-state index in [9.17, 15) is 0 Å². The zero-order valence-corrected chi connectivity index (χ0v) is 8.97. The third kappa shape index (κ3) is 3.01. The fourth-order valence-corrected chi connectivity index (χ4v) is 1.93. The van der Waals surface area contributed by atoms with Crippen LogP contribution < -0.4 is 5.73 Å². The van der Waals surface area contributed by atoms with Crippen molar-refractivity contribution >= 4 is 11.8 Å². The first kappa shape index (κ1) is 10.5. The zero-order valence-electron chi connectivity index (χ0n) is 8.16. The lowest BCUT2D eigenvalue weighted by molar-refractivity contribution is 0.891. The van der Waals surface area contributed by atoms with Crippen LogP contribution in [0.3, 0.4) is 0 Å². The van der Waals surface area contributed by atoms with Gasteiger partial charge in [0.05, 0.1) is 0 Å². The molecule has 0 spiro atoms. The van der Waals surface area contributed by atoms with Crippen molar-refractivity contribution in [2.75, 3.05) is 0 Å². The molecule has 13 heavy (non-hydrogen) atoms. The Balaban J connectivity index is 2.74. The van der Waals surface area contributed by atoms with Gasteiger partial charge in [0, 0.05) is 18.0 Å². The predicted octanol–water partition coefficient (Wildman–Crippen LogP) is 2.43. The van der Waals surface area contributed by atoms with E-state index in [4.69, 9.17) is 5.73 Å². The molecule has 1 heterocycles. The van der Waals surface area contributed by atoms with Crippen LogP contribution in [-0.2, 0) is 6.54 Å². The number of pyridine rings is 1. The van der Waals surface area contributed by atoms with Gasteiger partial charge in [-0.2, -0.15) is 0 Å². The standard InChI is InChI=1S/C10H16N2S/c1-3-8(2)13-10-9(7-11)5-4-6-12-10/h4-6,8H,3,7,11H2,1-2H3. The number of hydrogen-bond acceptors (Lipinski definition) is 3. The third-order valence-electron chi connectivity index (χ3n) is 1.96. The van der Waals surface area contributed by atoms with Gasteiger partial charge in [-0.1, -0.05) is 19.9 Å². The minimum Gasteiger partial charge on any atom is -0.326 e. The molecule has 0 saturated carbocycles. The second-order valence-corrected chi connectivity index (χ2v) is 4.44. The quantitative estimate of drug-likeness (QED) is 0.752. The molecule has 2 nitrogen and oxygen atoms in total. The van der Waals surface area contributed by atoms with Crippen LogP contribution in [0.5, 0.6) is 0 Å². The van der Waals surface area contributed by atoms with Crippen LogP contribution in [0.25, 0.3) is 0 Å². The van der Waals surface area contributed by atoms with Gasteiger partial charge in [0.2, 0.25) is 0 Å². The normalized spacial score (nSPS) is 12.8. The van der Waals surface area contributed by atoms with Gasteiger partial charge in [0.25, 0.3) is 0 Å². The summed E-state index contributed by atoms with van der Waals surface area (Å²) in [5.74, 6) is 0. The van der Waals surface area contributed by atoms with Crippen molar-refractivity contribution in [2.45, 2.75) is 37.1 Å². The van der Waals surface area contributed by atoms with Crippen LogP contribution in [0, 0.1) is 0 Å².